The molecule has 8 nitrogen and oxygen atoms in total. The van der Waals surface area contributed by atoms with Crippen molar-refractivity contribution in [3.63, 3.8) is 0 Å². The topological polar surface area (TPSA) is 89.1 Å². The van der Waals surface area contributed by atoms with E-state index in [0.29, 0.717) is 23.0 Å². The molecule has 164 valence electrons. The van der Waals surface area contributed by atoms with Crippen molar-refractivity contribution in [3.8, 4) is 11.3 Å². The third-order valence-electron chi connectivity index (χ3n) is 5.76. The van der Waals surface area contributed by atoms with E-state index in [-0.39, 0.29) is 5.91 Å². The van der Waals surface area contributed by atoms with E-state index in [9.17, 15) is 4.79 Å². The van der Waals surface area contributed by atoms with Crippen LogP contribution in [0.3, 0.4) is 0 Å². The molecular weight excluding hydrogens is 470 g/mol. The Balaban J connectivity index is 1.48. The molecule has 1 saturated carbocycles. The van der Waals surface area contributed by atoms with Crippen molar-refractivity contribution in [2.75, 3.05) is 5.32 Å². The maximum absolute atomic E-state index is 12.6. The van der Waals surface area contributed by atoms with E-state index in [1.54, 1.807) is 6.20 Å². The molecule has 1 amide bonds. The normalized spacial score (nSPS) is 13.5. The Morgan fingerprint density at radius 1 is 1.28 bits per heavy atom. The molecule has 0 aliphatic heterocycles. The number of amides is 1. The summed E-state index contributed by atoms with van der Waals surface area (Å²) in [6.45, 7) is 2.66. The number of hydrogen-bond donors (Lipinski definition) is 2. The highest BCUT2D eigenvalue weighted by atomic mass is 79.9. The highest BCUT2D eigenvalue weighted by Crippen LogP contribution is 2.28. The van der Waals surface area contributed by atoms with Crippen molar-refractivity contribution in [3.05, 3.63) is 64.3 Å². The zero-order chi connectivity index (χ0) is 22.2. The van der Waals surface area contributed by atoms with Gasteiger partial charge in [0, 0.05) is 36.6 Å². The second kappa shape index (κ2) is 8.38. The van der Waals surface area contributed by atoms with Gasteiger partial charge in [-0.25, -0.2) is 9.97 Å². The van der Waals surface area contributed by atoms with Crippen LogP contribution in [0.15, 0.2) is 47.5 Å². The monoisotopic (exact) mass is 493 g/mol. The first kappa shape index (κ1) is 20.7. The van der Waals surface area contributed by atoms with Gasteiger partial charge < -0.3 is 10.6 Å². The van der Waals surface area contributed by atoms with Crippen LogP contribution in [-0.4, -0.2) is 36.1 Å². The van der Waals surface area contributed by atoms with Crippen LogP contribution in [0, 0.1) is 0 Å². The summed E-state index contributed by atoms with van der Waals surface area (Å²) in [5.41, 5.74) is 5.50. The zero-order valence-electron chi connectivity index (χ0n) is 18.0. The van der Waals surface area contributed by atoms with Crippen LogP contribution in [-0.2, 0) is 20.0 Å². The molecule has 0 saturated heterocycles. The van der Waals surface area contributed by atoms with E-state index < -0.39 is 0 Å². The van der Waals surface area contributed by atoms with Crippen LogP contribution < -0.4 is 10.6 Å². The van der Waals surface area contributed by atoms with Crippen molar-refractivity contribution in [2.24, 2.45) is 7.05 Å². The molecule has 1 aliphatic rings. The molecule has 32 heavy (non-hydrogen) atoms. The Hall–Kier alpha value is -3.20. The van der Waals surface area contributed by atoms with Crippen molar-refractivity contribution < 1.29 is 4.79 Å². The summed E-state index contributed by atoms with van der Waals surface area (Å²) in [6, 6.07) is 8.30. The number of anilines is 1. The number of halogens is 1. The number of benzene rings is 1. The third-order valence-corrected chi connectivity index (χ3v) is 6.14. The summed E-state index contributed by atoms with van der Waals surface area (Å²) in [5, 5.41) is 10.7. The first-order chi connectivity index (χ1) is 15.5. The van der Waals surface area contributed by atoms with Crippen molar-refractivity contribution in [1.29, 1.82) is 0 Å². The van der Waals surface area contributed by atoms with Gasteiger partial charge in [0.2, 0.25) is 0 Å². The molecule has 2 N–H and O–H groups in total. The Labute approximate surface area is 194 Å². The van der Waals surface area contributed by atoms with Gasteiger partial charge in [0.25, 0.3) is 5.91 Å². The fraction of sp³-hybridized carbons (Fsp3) is 0.304. The summed E-state index contributed by atoms with van der Waals surface area (Å²) in [6.07, 6.45) is 8.46. The van der Waals surface area contributed by atoms with Crippen molar-refractivity contribution >= 4 is 33.3 Å². The molecule has 0 spiro atoms. The first-order valence-electron chi connectivity index (χ1n) is 10.7. The maximum Gasteiger partial charge on any atom is 0.251 e. The molecule has 4 aromatic rings. The Bertz CT molecular complexity index is 1310. The van der Waals surface area contributed by atoms with Crippen LogP contribution in [0.2, 0.25) is 0 Å². The molecule has 0 bridgehead atoms. The van der Waals surface area contributed by atoms with Gasteiger partial charge in [-0.1, -0.05) is 13.0 Å². The standard InChI is InChI=1S/C23H24BrN7O/c1-3-14-10-15(4-7-18(14)23(32)28-16-5-6-16)19-12-26-22-21(29-20(24)13-31(19)22)25-11-17-8-9-27-30(17)2/h4,7-10,12-13,16H,3,5-6,11H2,1-2H3,(H,25,29)(H,28,32). The van der Waals surface area contributed by atoms with Gasteiger partial charge in [0.15, 0.2) is 11.5 Å². The average Bonchev–Trinajstić information content (AvgIpc) is 3.34. The number of aryl methyl sites for hydroxylation is 2. The molecule has 3 aromatic heterocycles. The number of rotatable bonds is 7. The predicted molar refractivity (Wildman–Crippen MR) is 127 cm³/mol. The number of fused-ring (bicyclic) bond motifs is 1. The summed E-state index contributed by atoms with van der Waals surface area (Å²) in [7, 11) is 1.91. The fourth-order valence-electron chi connectivity index (χ4n) is 3.80. The largest absolute Gasteiger partial charge is 0.361 e. The molecule has 0 atom stereocenters. The minimum Gasteiger partial charge on any atom is -0.361 e. The van der Waals surface area contributed by atoms with Crippen LogP contribution >= 0.6 is 15.9 Å². The van der Waals surface area contributed by atoms with Gasteiger partial charge in [-0.05, 0) is 59.0 Å². The summed E-state index contributed by atoms with van der Waals surface area (Å²) < 4.78 is 4.54. The molecule has 9 heteroatoms. The minimum absolute atomic E-state index is 0.0163. The molecule has 0 unspecified atom stereocenters. The lowest BCUT2D eigenvalue weighted by Gasteiger charge is -2.12. The van der Waals surface area contributed by atoms with E-state index in [4.69, 9.17) is 0 Å². The van der Waals surface area contributed by atoms with Crippen LogP contribution in [0.5, 0.6) is 0 Å². The van der Waals surface area contributed by atoms with Crippen LogP contribution in [0.4, 0.5) is 5.82 Å². The number of carbonyl (C=O) groups is 1. The molecule has 1 aliphatic carbocycles. The lowest BCUT2D eigenvalue weighted by Crippen LogP contribution is -2.26. The number of nitrogens with zero attached hydrogens (tertiary/aromatic N) is 5. The Kier molecular flexibility index (Phi) is 5.42. The second-order valence-electron chi connectivity index (χ2n) is 8.02. The molecular formula is C23H24BrN7O. The van der Waals surface area contributed by atoms with Crippen molar-refractivity contribution in [2.45, 2.75) is 38.8 Å². The first-order valence-corrected chi connectivity index (χ1v) is 11.5. The highest BCUT2D eigenvalue weighted by Gasteiger charge is 2.25. The number of hydrogen-bond acceptors (Lipinski definition) is 5. The molecule has 5 rings (SSSR count). The summed E-state index contributed by atoms with van der Waals surface area (Å²) in [4.78, 5) is 21.8. The third kappa shape index (κ3) is 4.00. The van der Waals surface area contributed by atoms with E-state index in [1.807, 2.05) is 46.7 Å². The average molecular weight is 494 g/mol. The highest BCUT2D eigenvalue weighted by molar-refractivity contribution is 9.10. The molecule has 0 radical (unpaired) electrons. The number of imidazole rings is 1. The lowest BCUT2D eigenvalue weighted by molar-refractivity contribution is 0.0950. The fourth-order valence-corrected chi connectivity index (χ4v) is 4.18. The lowest BCUT2D eigenvalue weighted by atomic mass is 10.00. The van der Waals surface area contributed by atoms with E-state index in [0.717, 1.165) is 53.0 Å². The minimum atomic E-state index is 0.0163. The number of carbonyl (C=O) groups excluding carboxylic acids is 1. The van der Waals surface area contributed by atoms with E-state index in [2.05, 4.69) is 54.6 Å². The van der Waals surface area contributed by atoms with Gasteiger partial charge in [-0.3, -0.25) is 13.9 Å². The SMILES string of the molecule is CCc1cc(-c2cnc3c(NCc4ccnn4C)nc(Br)cn23)ccc1C(=O)NC1CC1. The van der Waals surface area contributed by atoms with Gasteiger partial charge in [-0.15, -0.1) is 0 Å². The van der Waals surface area contributed by atoms with Crippen molar-refractivity contribution in [1.82, 2.24) is 29.5 Å². The summed E-state index contributed by atoms with van der Waals surface area (Å²) in [5.74, 6) is 0.700. The molecule has 1 aromatic carbocycles. The van der Waals surface area contributed by atoms with Gasteiger partial charge in [0.1, 0.15) is 4.60 Å². The Morgan fingerprint density at radius 2 is 2.12 bits per heavy atom. The Morgan fingerprint density at radius 3 is 2.84 bits per heavy atom. The molecule has 1 fully saturated rings. The van der Waals surface area contributed by atoms with Gasteiger partial charge in [-0.2, -0.15) is 5.10 Å². The van der Waals surface area contributed by atoms with E-state index >= 15 is 0 Å². The van der Waals surface area contributed by atoms with Gasteiger partial charge >= 0.3 is 0 Å². The number of aromatic nitrogens is 5. The molecule has 3 heterocycles. The maximum atomic E-state index is 12.6. The van der Waals surface area contributed by atoms with Crippen LogP contribution in [0.1, 0.15) is 41.4 Å². The quantitative estimate of drug-likeness (QED) is 0.406. The summed E-state index contributed by atoms with van der Waals surface area (Å²) >= 11 is 3.53. The predicted octanol–water partition coefficient (Wildman–Crippen LogP) is 3.96. The van der Waals surface area contributed by atoms with E-state index in [1.165, 1.54) is 0 Å². The number of nitrogens with one attached hydrogen (secondary N) is 2. The van der Waals surface area contributed by atoms with Gasteiger partial charge in [0.05, 0.1) is 24.1 Å². The second-order valence-corrected chi connectivity index (χ2v) is 8.83. The van der Waals surface area contributed by atoms with Crippen LogP contribution in [0.25, 0.3) is 16.9 Å². The zero-order valence-corrected chi connectivity index (χ0v) is 19.6. The smallest absolute Gasteiger partial charge is 0.251 e.